The SMILES string of the molecule is CC(C#N)C(=O)NC(C)c1ncc[nH]1. The van der Waals surface area contributed by atoms with Crippen LogP contribution in [-0.4, -0.2) is 15.9 Å². The number of H-pyrrole nitrogens is 1. The van der Waals surface area contributed by atoms with E-state index in [0.717, 1.165) is 0 Å². The van der Waals surface area contributed by atoms with Crippen LogP contribution < -0.4 is 5.32 Å². The standard InChI is InChI=1S/C9H12N4O/c1-6(5-10)9(14)13-7(2)8-11-3-4-12-8/h3-4,6-7H,1-2H3,(H,11,12)(H,13,14). The van der Waals surface area contributed by atoms with E-state index in [4.69, 9.17) is 5.26 Å². The lowest BCUT2D eigenvalue weighted by atomic mass is 10.2. The van der Waals surface area contributed by atoms with E-state index in [2.05, 4.69) is 15.3 Å². The third kappa shape index (κ3) is 2.33. The molecule has 14 heavy (non-hydrogen) atoms. The molecule has 1 heterocycles. The summed E-state index contributed by atoms with van der Waals surface area (Å²) in [5.74, 6) is -0.229. The molecule has 0 saturated heterocycles. The minimum Gasteiger partial charge on any atom is -0.347 e. The van der Waals surface area contributed by atoms with Gasteiger partial charge in [-0.3, -0.25) is 4.79 Å². The maximum absolute atomic E-state index is 11.3. The van der Waals surface area contributed by atoms with E-state index in [1.165, 1.54) is 0 Å². The Bertz CT molecular complexity index is 338. The first-order valence-electron chi connectivity index (χ1n) is 4.34. The molecule has 1 rings (SSSR count). The fourth-order valence-corrected chi connectivity index (χ4v) is 0.980. The summed E-state index contributed by atoms with van der Waals surface area (Å²) < 4.78 is 0. The maximum atomic E-state index is 11.3. The van der Waals surface area contributed by atoms with E-state index in [-0.39, 0.29) is 11.9 Å². The van der Waals surface area contributed by atoms with E-state index in [9.17, 15) is 4.79 Å². The number of aromatic amines is 1. The van der Waals surface area contributed by atoms with Crippen LogP contribution in [0.1, 0.15) is 25.7 Å². The van der Waals surface area contributed by atoms with Crippen LogP contribution >= 0.6 is 0 Å². The summed E-state index contributed by atoms with van der Waals surface area (Å²) in [6, 6.07) is 1.67. The van der Waals surface area contributed by atoms with Crippen LogP contribution in [0.4, 0.5) is 0 Å². The summed E-state index contributed by atoms with van der Waals surface area (Å²) in [6.07, 6.45) is 3.30. The summed E-state index contributed by atoms with van der Waals surface area (Å²) in [6.45, 7) is 3.37. The molecule has 0 aliphatic heterocycles. The molecule has 0 radical (unpaired) electrons. The number of nitrogens with zero attached hydrogens (tertiary/aromatic N) is 2. The van der Waals surface area contributed by atoms with Crippen molar-refractivity contribution in [2.45, 2.75) is 19.9 Å². The fraction of sp³-hybridized carbons (Fsp3) is 0.444. The summed E-state index contributed by atoms with van der Waals surface area (Å²) in [5.41, 5.74) is 0. The second-order valence-corrected chi connectivity index (χ2v) is 3.06. The molecule has 0 bridgehead atoms. The first kappa shape index (κ1) is 10.3. The van der Waals surface area contributed by atoms with E-state index < -0.39 is 5.92 Å². The Labute approximate surface area is 82.2 Å². The Balaban J connectivity index is 2.54. The smallest absolute Gasteiger partial charge is 0.237 e. The summed E-state index contributed by atoms with van der Waals surface area (Å²) in [4.78, 5) is 18.2. The van der Waals surface area contributed by atoms with Crippen molar-refractivity contribution in [1.29, 1.82) is 5.26 Å². The van der Waals surface area contributed by atoms with Gasteiger partial charge in [-0.05, 0) is 13.8 Å². The van der Waals surface area contributed by atoms with Gasteiger partial charge in [-0.1, -0.05) is 0 Å². The van der Waals surface area contributed by atoms with Crippen LogP contribution in [0.5, 0.6) is 0 Å². The van der Waals surface area contributed by atoms with Gasteiger partial charge in [0.25, 0.3) is 0 Å². The second kappa shape index (κ2) is 4.42. The largest absolute Gasteiger partial charge is 0.347 e. The van der Waals surface area contributed by atoms with Gasteiger partial charge in [0.2, 0.25) is 5.91 Å². The van der Waals surface area contributed by atoms with Crippen LogP contribution in [0.3, 0.4) is 0 Å². The van der Waals surface area contributed by atoms with Crippen LogP contribution in [0.2, 0.25) is 0 Å². The molecule has 74 valence electrons. The predicted octanol–water partition coefficient (Wildman–Crippen LogP) is 0.747. The Morgan fingerprint density at radius 1 is 1.71 bits per heavy atom. The summed E-state index contributed by atoms with van der Waals surface area (Å²) in [5, 5.41) is 11.2. The van der Waals surface area contributed by atoms with Crippen molar-refractivity contribution in [3.8, 4) is 6.07 Å². The first-order valence-corrected chi connectivity index (χ1v) is 4.34. The van der Waals surface area contributed by atoms with Gasteiger partial charge in [0, 0.05) is 12.4 Å². The highest BCUT2D eigenvalue weighted by molar-refractivity contribution is 5.80. The zero-order valence-corrected chi connectivity index (χ0v) is 8.11. The molecular formula is C9H12N4O. The number of rotatable bonds is 3. The van der Waals surface area contributed by atoms with Gasteiger partial charge in [0.05, 0.1) is 12.1 Å². The Morgan fingerprint density at radius 3 is 2.93 bits per heavy atom. The number of carbonyl (C=O) groups excluding carboxylic acids is 1. The van der Waals surface area contributed by atoms with Gasteiger partial charge in [0.1, 0.15) is 11.7 Å². The minimum absolute atomic E-state index is 0.201. The highest BCUT2D eigenvalue weighted by atomic mass is 16.1. The van der Waals surface area contributed by atoms with Gasteiger partial charge in [0.15, 0.2) is 0 Å². The molecule has 0 aliphatic carbocycles. The Kier molecular flexibility index (Phi) is 3.24. The molecule has 5 nitrogen and oxygen atoms in total. The number of carbonyl (C=O) groups is 1. The normalized spacial score (nSPS) is 14.1. The topological polar surface area (TPSA) is 81.6 Å². The Hall–Kier alpha value is -1.83. The quantitative estimate of drug-likeness (QED) is 0.741. The zero-order chi connectivity index (χ0) is 10.6. The molecule has 1 aromatic rings. The van der Waals surface area contributed by atoms with Crippen LogP contribution in [0.25, 0.3) is 0 Å². The van der Waals surface area contributed by atoms with Crippen LogP contribution in [0, 0.1) is 17.2 Å². The highest BCUT2D eigenvalue weighted by Crippen LogP contribution is 2.06. The monoisotopic (exact) mass is 192 g/mol. The molecule has 0 aromatic carbocycles. The van der Waals surface area contributed by atoms with Crippen molar-refractivity contribution in [3.05, 3.63) is 18.2 Å². The lowest BCUT2D eigenvalue weighted by molar-refractivity contribution is -0.123. The van der Waals surface area contributed by atoms with E-state index in [1.54, 1.807) is 26.2 Å². The number of nitrogens with one attached hydrogen (secondary N) is 2. The molecule has 2 atom stereocenters. The number of hydrogen-bond acceptors (Lipinski definition) is 3. The molecular weight excluding hydrogens is 180 g/mol. The number of imidazole rings is 1. The lowest BCUT2D eigenvalue weighted by Crippen LogP contribution is -2.31. The van der Waals surface area contributed by atoms with Crippen molar-refractivity contribution in [1.82, 2.24) is 15.3 Å². The highest BCUT2D eigenvalue weighted by Gasteiger charge is 2.16. The van der Waals surface area contributed by atoms with Crippen molar-refractivity contribution in [2.75, 3.05) is 0 Å². The molecule has 2 unspecified atom stereocenters. The maximum Gasteiger partial charge on any atom is 0.237 e. The first-order chi connectivity index (χ1) is 6.65. The number of amides is 1. The minimum atomic E-state index is -0.632. The zero-order valence-electron chi connectivity index (χ0n) is 8.11. The molecule has 2 N–H and O–H groups in total. The van der Waals surface area contributed by atoms with Crippen molar-refractivity contribution >= 4 is 5.91 Å². The van der Waals surface area contributed by atoms with Crippen molar-refractivity contribution in [3.63, 3.8) is 0 Å². The Morgan fingerprint density at radius 2 is 2.43 bits per heavy atom. The van der Waals surface area contributed by atoms with Gasteiger partial charge in [-0.25, -0.2) is 4.98 Å². The lowest BCUT2D eigenvalue weighted by Gasteiger charge is -2.11. The number of aromatic nitrogens is 2. The second-order valence-electron chi connectivity index (χ2n) is 3.06. The molecule has 1 aromatic heterocycles. The van der Waals surface area contributed by atoms with Gasteiger partial charge >= 0.3 is 0 Å². The third-order valence-corrected chi connectivity index (χ3v) is 1.88. The predicted molar refractivity (Wildman–Crippen MR) is 49.9 cm³/mol. The summed E-state index contributed by atoms with van der Waals surface area (Å²) in [7, 11) is 0. The van der Waals surface area contributed by atoms with Gasteiger partial charge in [-0.2, -0.15) is 5.26 Å². The molecule has 5 heteroatoms. The van der Waals surface area contributed by atoms with E-state index in [1.807, 2.05) is 6.07 Å². The third-order valence-electron chi connectivity index (χ3n) is 1.88. The molecule has 0 fully saturated rings. The molecule has 0 aliphatic rings. The average molecular weight is 192 g/mol. The van der Waals surface area contributed by atoms with Gasteiger partial charge < -0.3 is 10.3 Å². The molecule has 0 spiro atoms. The van der Waals surface area contributed by atoms with E-state index in [0.29, 0.717) is 5.82 Å². The van der Waals surface area contributed by atoms with Crippen molar-refractivity contribution in [2.24, 2.45) is 5.92 Å². The average Bonchev–Trinajstić information content (AvgIpc) is 2.69. The van der Waals surface area contributed by atoms with Crippen LogP contribution in [0.15, 0.2) is 12.4 Å². The van der Waals surface area contributed by atoms with Crippen molar-refractivity contribution < 1.29 is 4.79 Å². The fourth-order valence-electron chi connectivity index (χ4n) is 0.980. The number of nitriles is 1. The van der Waals surface area contributed by atoms with E-state index >= 15 is 0 Å². The molecule has 1 amide bonds. The van der Waals surface area contributed by atoms with Crippen LogP contribution in [-0.2, 0) is 4.79 Å². The summed E-state index contributed by atoms with van der Waals surface area (Å²) >= 11 is 0. The molecule has 0 saturated carbocycles. The van der Waals surface area contributed by atoms with Gasteiger partial charge in [-0.15, -0.1) is 0 Å². The number of hydrogen-bond donors (Lipinski definition) is 2.